The Morgan fingerprint density at radius 1 is 1.56 bits per heavy atom. The molecule has 0 aromatic rings. The molecular formula is C5H9BO3. The predicted molar refractivity (Wildman–Crippen MR) is 32.9 cm³/mol. The molecule has 1 aliphatic rings. The largest absolute Gasteiger partial charge is 0.524 e. The average molecular weight is 128 g/mol. The standard InChI is InChI=1S/C5H9BO3/c1-5(2)4(7)8-6(3)9-5/h1-3H3. The SMILES string of the molecule is CB1OC(=O)C(C)(C)O1. The van der Waals surface area contributed by atoms with E-state index in [0.717, 1.165) is 0 Å². The van der Waals surface area contributed by atoms with Crippen LogP contribution < -0.4 is 0 Å². The lowest BCUT2D eigenvalue weighted by Crippen LogP contribution is -2.27. The van der Waals surface area contributed by atoms with Gasteiger partial charge in [-0.15, -0.1) is 0 Å². The number of rotatable bonds is 0. The summed E-state index contributed by atoms with van der Waals surface area (Å²) >= 11 is 0. The maximum Gasteiger partial charge on any atom is 0.524 e. The van der Waals surface area contributed by atoms with Gasteiger partial charge in [0.15, 0.2) is 0 Å². The van der Waals surface area contributed by atoms with Gasteiger partial charge in [0.25, 0.3) is 0 Å². The van der Waals surface area contributed by atoms with Crippen LogP contribution in [0.25, 0.3) is 0 Å². The fourth-order valence-corrected chi connectivity index (χ4v) is 0.780. The molecule has 0 unspecified atom stereocenters. The Bertz CT molecular complexity index is 143. The Kier molecular flexibility index (Phi) is 1.28. The third-order valence-electron chi connectivity index (χ3n) is 1.23. The average Bonchev–Trinajstić information content (AvgIpc) is 1.79. The minimum atomic E-state index is -0.737. The quantitative estimate of drug-likeness (QED) is 0.444. The van der Waals surface area contributed by atoms with Crippen LogP contribution in [-0.2, 0) is 14.1 Å². The molecule has 0 N–H and O–H groups in total. The normalized spacial score (nSPS) is 24.3. The summed E-state index contributed by atoms with van der Waals surface area (Å²) in [6, 6.07) is 0. The number of hydrogen-bond acceptors (Lipinski definition) is 3. The Hall–Kier alpha value is -0.505. The summed E-state index contributed by atoms with van der Waals surface area (Å²) in [5.74, 6) is -0.282. The summed E-state index contributed by atoms with van der Waals surface area (Å²) in [5, 5.41) is 0. The van der Waals surface area contributed by atoms with Gasteiger partial charge in [-0.1, -0.05) is 0 Å². The Morgan fingerprint density at radius 2 is 2.11 bits per heavy atom. The summed E-state index contributed by atoms with van der Waals surface area (Å²) in [7, 11) is -0.382. The van der Waals surface area contributed by atoms with Crippen LogP contribution in [0.2, 0.25) is 6.82 Å². The van der Waals surface area contributed by atoms with E-state index in [2.05, 4.69) is 0 Å². The van der Waals surface area contributed by atoms with Crippen LogP contribution in [0.3, 0.4) is 0 Å². The van der Waals surface area contributed by atoms with Crippen molar-refractivity contribution in [2.75, 3.05) is 0 Å². The molecule has 0 spiro atoms. The zero-order chi connectivity index (χ0) is 7.07. The van der Waals surface area contributed by atoms with Crippen molar-refractivity contribution < 1.29 is 14.1 Å². The van der Waals surface area contributed by atoms with Gasteiger partial charge in [-0.3, -0.25) is 4.79 Å². The van der Waals surface area contributed by atoms with Gasteiger partial charge in [0.05, 0.1) is 0 Å². The third-order valence-corrected chi connectivity index (χ3v) is 1.23. The molecule has 1 saturated heterocycles. The van der Waals surface area contributed by atoms with E-state index in [1.807, 2.05) is 0 Å². The van der Waals surface area contributed by atoms with Gasteiger partial charge in [-0.2, -0.15) is 0 Å². The minimum absolute atomic E-state index is 0.282. The molecule has 0 saturated carbocycles. The van der Waals surface area contributed by atoms with E-state index in [-0.39, 0.29) is 13.1 Å². The molecule has 0 aromatic carbocycles. The van der Waals surface area contributed by atoms with Gasteiger partial charge in [0.2, 0.25) is 0 Å². The number of carbonyl (C=O) groups is 1. The Morgan fingerprint density at radius 3 is 2.22 bits per heavy atom. The maximum absolute atomic E-state index is 10.8. The highest BCUT2D eigenvalue weighted by atomic mass is 16.7. The molecule has 1 fully saturated rings. The Balaban J connectivity index is 2.70. The fourth-order valence-electron chi connectivity index (χ4n) is 0.780. The van der Waals surface area contributed by atoms with Crippen molar-refractivity contribution in [3.63, 3.8) is 0 Å². The lowest BCUT2D eigenvalue weighted by molar-refractivity contribution is -0.141. The summed E-state index contributed by atoms with van der Waals surface area (Å²) in [4.78, 5) is 10.8. The minimum Gasteiger partial charge on any atom is -0.508 e. The molecule has 4 heteroatoms. The topological polar surface area (TPSA) is 35.5 Å². The first-order valence-corrected chi connectivity index (χ1v) is 2.91. The molecule has 1 rings (SSSR count). The van der Waals surface area contributed by atoms with Crippen molar-refractivity contribution in [1.82, 2.24) is 0 Å². The van der Waals surface area contributed by atoms with Crippen molar-refractivity contribution >= 4 is 13.1 Å². The van der Waals surface area contributed by atoms with Gasteiger partial charge < -0.3 is 9.31 Å². The molecule has 0 radical (unpaired) electrons. The lowest BCUT2D eigenvalue weighted by atomic mass is 9.96. The zero-order valence-corrected chi connectivity index (χ0v) is 5.80. The van der Waals surface area contributed by atoms with Crippen LogP contribution in [0.4, 0.5) is 0 Å². The van der Waals surface area contributed by atoms with Crippen molar-refractivity contribution in [1.29, 1.82) is 0 Å². The molecule has 0 aliphatic carbocycles. The van der Waals surface area contributed by atoms with Crippen molar-refractivity contribution in [3.05, 3.63) is 0 Å². The molecule has 50 valence electrons. The van der Waals surface area contributed by atoms with Gasteiger partial charge >= 0.3 is 13.1 Å². The second kappa shape index (κ2) is 1.74. The van der Waals surface area contributed by atoms with E-state index < -0.39 is 5.60 Å². The summed E-state index contributed by atoms with van der Waals surface area (Å²) in [6.07, 6.45) is 0. The highest BCUT2D eigenvalue weighted by molar-refractivity contribution is 6.47. The lowest BCUT2D eigenvalue weighted by Gasteiger charge is -2.10. The highest BCUT2D eigenvalue weighted by Crippen LogP contribution is 2.20. The van der Waals surface area contributed by atoms with Crippen LogP contribution >= 0.6 is 0 Å². The Labute approximate surface area is 54.5 Å². The first-order valence-electron chi connectivity index (χ1n) is 2.91. The smallest absolute Gasteiger partial charge is 0.508 e. The third kappa shape index (κ3) is 1.08. The molecule has 0 atom stereocenters. The predicted octanol–water partition coefficient (Wildman–Crippen LogP) is 0.456. The summed E-state index contributed by atoms with van der Waals surface area (Å²) in [6.45, 7) is 5.09. The molecule has 1 heterocycles. The molecule has 0 amide bonds. The first kappa shape index (κ1) is 6.61. The van der Waals surface area contributed by atoms with E-state index >= 15 is 0 Å². The molecular weight excluding hydrogens is 119 g/mol. The molecule has 1 aliphatic heterocycles. The van der Waals surface area contributed by atoms with Crippen LogP contribution in [0, 0.1) is 0 Å². The maximum atomic E-state index is 10.8. The van der Waals surface area contributed by atoms with E-state index in [9.17, 15) is 4.79 Å². The van der Waals surface area contributed by atoms with E-state index in [4.69, 9.17) is 9.31 Å². The van der Waals surface area contributed by atoms with Crippen LogP contribution in [0.1, 0.15) is 13.8 Å². The van der Waals surface area contributed by atoms with Gasteiger partial charge in [-0.05, 0) is 20.7 Å². The van der Waals surface area contributed by atoms with Crippen molar-refractivity contribution in [2.45, 2.75) is 26.3 Å². The van der Waals surface area contributed by atoms with Crippen LogP contribution in [-0.4, -0.2) is 18.7 Å². The van der Waals surface area contributed by atoms with Crippen molar-refractivity contribution in [2.24, 2.45) is 0 Å². The molecule has 0 aromatic heterocycles. The van der Waals surface area contributed by atoms with E-state index in [1.165, 1.54) is 0 Å². The van der Waals surface area contributed by atoms with E-state index in [0.29, 0.717) is 0 Å². The second-order valence-corrected chi connectivity index (χ2v) is 2.60. The van der Waals surface area contributed by atoms with Gasteiger partial charge in [0, 0.05) is 0 Å². The molecule has 9 heavy (non-hydrogen) atoms. The number of carbonyl (C=O) groups excluding carboxylic acids is 1. The van der Waals surface area contributed by atoms with Gasteiger partial charge in [0.1, 0.15) is 5.60 Å². The van der Waals surface area contributed by atoms with Crippen LogP contribution in [0.5, 0.6) is 0 Å². The second-order valence-electron chi connectivity index (χ2n) is 2.60. The summed E-state index contributed by atoms with van der Waals surface area (Å²) < 4.78 is 9.80. The van der Waals surface area contributed by atoms with E-state index in [1.54, 1.807) is 20.7 Å². The van der Waals surface area contributed by atoms with Crippen LogP contribution in [0.15, 0.2) is 0 Å². The first-order chi connectivity index (χ1) is 4.02. The molecule has 3 nitrogen and oxygen atoms in total. The number of hydrogen-bond donors (Lipinski definition) is 0. The highest BCUT2D eigenvalue weighted by Gasteiger charge is 2.42. The summed E-state index contributed by atoms with van der Waals surface area (Å²) in [5.41, 5.74) is -0.737. The monoisotopic (exact) mass is 128 g/mol. The molecule has 0 bridgehead atoms. The van der Waals surface area contributed by atoms with Crippen molar-refractivity contribution in [3.8, 4) is 0 Å². The van der Waals surface area contributed by atoms with Gasteiger partial charge in [-0.25, -0.2) is 0 Å². The zero-order valence-electron chi connectivity index (χ0n) is 5.80. The fraction of sp³-hybridized carbons (Fsp3) is 0.800.